The molecule has 0 radical (unpaired) electrons. The zero-order valence-electron chi connectivity index (χ0n) is 9.04. The molecule has 0 saturated heterocycles. The average Bonchev–Trinajstić information content (AvgIpc) is 2.39. The molecule has 0 aliphatic heterocycles. The van der Waals surface area contributed by atoms with Crippen molar-refractivity contribution < 1.29 is 10.0 Å². The molecule has 0 spiro atoms. The van der Waals surface area contributed by atoms with Crippen molar-refractivity contribution in [2.24, 2.45) is 0 Å². The van der Waals surface area contributed by atoms with E-state index in [9.17, 15) is 10.1 Å². The van der Waals surface area contributed by atoms with Crippen LogP contribution in [0.4, 0.5) is 5.69 Å². The van der Waals surface area contributed by atoms with Gasteiger partial charge in [0.25, 0.3) is 5.69 Å². The summed E-state index contributed by atoms with van der Waals surface area (Å²) in [6.45, 7) is -0.0131. The van der Waals surface area contributed by atoms with E-state index in [1.165, 1.54) is 12.1 Å². The monoisotopic (exact) mass is 229 g/mol. The fraction of sp³-hybridized carbons (Fsp3) is 0.0769. The Hall–Kier alpha value is -2.20. The molecule has 0 unspecified atom stereocenters. The van der Waals surface area contributed by atoms with E-state index >= 15 is 0 Å². The van der Waals surface area contributed by atoms with Gasteiger partial charge in [0.05, 0.1) is 11.5 Å². The molecule has 86 valence electrons. The first kappa shape index (κ1) is 11.3. The van der Waals surface area contributed by atoms with Crippen molar-refractivity contribution in [2.75, 3.05) is 0 Å². The van der Waals surface area contributed by atoms with Gasteiger partial charge in [-0.1, -0.05) is 18.2 Å². The quantitative estimate of drug-likeness (QED) is 0.650. The summed E-state index contributed by atoms with van der Waals surface area (Å²) in [7, 11) is 0. The van der Waals surface area contributed by atoms with Gasteiger partial charge in [-0.15, -0.1) is 0 Å². The summed E-state index contributed by atoms with van der Waals surface area (Å²) in [6.07, 6.45) is 0. The molecule has 0 aliphatic carbocycles. The van der Waals surface area contributed by atoms with Crippen molar-refractivity contribution in [3.8, 4) is 11.1 Å². The number of hydrogen-bond donors (Lipinski definition) is 1. The van der Waals surface area contributed by atoms with Crippen molar-refractivity contribution in [1.29, 1.82) is 0 Å². The van der Waals surface area contributed by atoms with Crippen LogP contribution < -0.4 is 0 Å². The highest BCUT2D eigenvalue weighted by molar-refractivity contribution is 5.65. The number of nitro groups is 1. The molecule has 2 rings (SSSR count). The highest BCUT2D eigenvalue weighted by Gasteiger charge is 2.05. The maximum atomic E-state index is 10.5. The van der Waals surface area contributed by atoms with Gasteiger partial charge in [0.1, 0.15) is 0 Å². The SMILES string of the molecule is O=[N+]([O-])c1ccc(-c2cccc(CO)c2)cc1. The number of non-ortho nitro benzene ring substituents is 1. The number of aliphatic hydroxyl groups excluding tert-OH is 1. The molecule has 0 fully saturated rings. The lowest BCUT2D eigenvalue weighted by Crippen LogP contribution is -1.88. The molecule has 1 N–H and O–H groups in total. The molecule has 2 aromatic carbocycles. The third kappa shape index (κ3) is 2.49. The van der Waals surface area contributed by atoms with Crippen LogP contribution in [0.3, 0.4) is 0 Å². The van der Waals surface area contributed by atoms with Gasteiger partial charge in [-0.25, -0.2) is 0 Å². The Morgan fingerprint density at radius 1 is 1.06 bits per heavy atom. The van der Waals surface area contributed by atoms with E-state index in [0.29, 0.717) is 0 Å². The van der Waals surface area contributed by atoms with Crippen molar-refractivity contribution in [1.82, 2.24) is 0 Å². The molecule has 0 heterocycles. The normalized spacial score (nSPS) is 10.2. The summed E-state index contributed by atoms with van der Waals surface area (Å²) in [5.74, 6) is 0. The third-order valence-electron chi connectivity index (χ3n) is 2.52. The molecule has 17 heavy (non-hydrogen) atoms. The summed E-state index contributed by atoms with van der Waals surface area (Å²) in [6, 6.07) is 13.8. The Morgan fingerprint density at radius 3 is 2.35 bits per heavy atom. The Kier molecular flexibility index (Phi) is 3.16. The molecular weight excluding hydrogens is 218 g/mol. The standard InChI is InChI=1S/C13H11NO3/c15-9-10-2-1-3-12(8-10)11-4-6-13(7-5-11)14(16)17/h1-8,15H,9H2. The minimum atomic E-state index is -0.423. The Balaban J connectivity index is 2.36. The molecule has 0 saturated carbocycles. The number of rotatable bonds is 3. The van der Waals surface area contributed by atoms with Crippen LogP contribution >= 0.6 is 0 Å². The Labute approximate surface area is 98.3 Å². The average molecular weight is 229 g/mol. The van der Waals surface area contributed by atoms with E-state index in [1.807, 2.05) is 24.3 Å². The van der Waals surface area contributed by atoms with Crippen LogP contribution in [-0.2, 0) is 6.61 Å². The topological polar surface area (TPSA) is 63.4 Å². The van der Waals surface area contributed by atoms with Gasteiger partial charge in [-0.3, -0.25) is 10.1 Å². The maximum Gasteiger partial charge on any atom is 0.269 e. The number of hydrogen-bond acceptors (Lipinski definition) is 3. The summed E-state index contributed by atoms with van der Waals surface area (Å²) in [4.78, 5) is 10.1. The Morgan fingerprint density at radius 2 is 1.76 bits per heavy atom. The van der Waals surface area contributed by atoms with Crippen LogP contribution in [0.25, 0.3) is 11.1 Å². The van der Waals surface area contributed by atoms with Gasteiger partial charge in [-0.05, 0) is 34.9 Å². The Bertz CT molecular complexity index is 535. The molecule has 0 aromatic heterocycles. The van der Waals surface area contributed by atoms with Crippen molar-refractivity contribution in [2.45, 2.75) is 6.61 Å². The lowest BCUT2D eigenvalue weighted by atomic mass is 10.0. The second kappa shape index (κ2) is 4.76. The molecule has 0 atom stereocenters. The van der Waals surface area contributed by atoms with E-state index in [0.717, 1.165) is 16.7 Å². The number of nitrogens with zero attached hydrogens (tertiary/aromatic N) is 1. The molecule has 0 amide bonds. The summed E-state index contributed by atoms with van der Waals surface area (Å²) < 4.78 is 0. The van der Waals surface area contributed by atoms with Gasteiger partial charge >= 0.3 is 0 Å². The molecule has 4 heteroatoms. The molecule has 0 bridgehead atoms. The fourth-order valence-corrected chi connectivity index (χ4v) is 1.62. The van der Waals surface area contributed by atoms with E-state index in [-0.39, 0.29) is 12.3 Å². The lowest BCUT2D eigenvalue weighted by molar-refractivity contribution is -0.384. The molecule has 0 aliphatic rings. The van der Waals surface area contributed by atoms with Gasteiger partial charge in [-0.2, -0.15) is 0 Å². The van der Waals surface area contributed by atoms with Crippen molar-refractivity contribution in [3.63, 3.8) is 0 Å². The zero-order chi connectivity index (χ0) is 12.3. The number of nitro benzene ring substituents is 1. The van der Waals surface area contributed by atoms with Gasteiger partial charge in [0, 0.05) is 12.1 Å². The lowest BCUT2D eigenvalue weighted by Gasteiger charge is -2.03. The van der Waals surface area contributed by atoms with E-state index in [2.05, 4.69) is 0 Å². The van der Waals surface area contributed by atoms with Gasteiger partial charge in [0.2, 0.25) is 0 Å². The number of benzene rings is 2. The van der Waals surface area contributed by atoms with Crippen molar-refractivity contribution >= 4 is 5.69 Å². The van der Waals surface area contributed by atoms with Crippen LogP contribution in [0.5, 0.6) is 0 Å². The van der Waals surface area contributed by atoms with Crippen LogP contribution in [-0.4, -0.2) is 10.0 Å². The third-order valence-corrected chi connectivity index (χ3v) is 2.52. The van der Waals surface area contributed by atoms with Gasteiger partial charge < -0.3 is 5.11 Å². The van der Waals surface area contributed by atoms with Crippen LogP contribution in [0.2, 0.25) is 0 Å². The zero-order valence-corrected chi connectivity index (χ0v) is 9.04. The maximum absolute atomic E-state index is 10.5. The van der Waals surface area contributed by atoms with E-state index < -0.39 is 4.92 Å². The van der Waals surface area contributed by atoms with Crippen LogP contribution in [0.1, 0.15) is 5.56 Å². The second-order valence-corrected chi connectivity index (χ2v) is 3.66. The summed E-state index contributed by atoms with van der Waals surface area (Å²) >= 11 is 0. The van der Waals surface area contributed by atoms with Crippen LogP contribution in [0.15, 0.2) is 48.5 Å². The summed E-state index contributed by atoms with van der Waals surface area (Å²) in [5, 5.41) is 19.6. The van der Waals surface area contributed by atoms with Gasteiger partial charge in [0.15, 0.2) is 0 Å². The first-order valence-corrected chi connectivity index (χ1v) is 5.15. The fourth-order valence-electron chi connectivity index (χ4n) is 1.62. The largest absolute Gasteiger partial charge is 0.392 e. The summed E-state index contributed by atoms with van der Waals surface area (Å²) in [5.41, 5.74) is 2.73. The van der Waals surface area contributed by atoms with Crippen molar-refractivity contribution in [3.05, 3.63) is 64.2 Å². The highest BCUT2D eigenvalue weighted by atomic mass is 16.6. The minimum absolute atomic E-state index is 0.0131. The van der Waals surface area contributed by atoms with Crippen LogP contribution in [0, 0.1) is 10.1 Å². The smallest absolute Gasteiger partial charge is 0.269 e. The molecule has 4 nitrogen and oxygen atoms in total. The van der Waals surface area contributed by atoms with E-state index in [4.69, 9.17) is 5.11 Å². The predicted molar refractivity (Wildman–Crippen MR) is 64.5 cm³/mol. The molecular formula is C13H11NO3. The highest BCUT2D eigenvalue weighted by Crippen LogP contribution is 2.23. The first-order valence-electron chi connectivity index (χ1n) is 5.15. The minimum Gasteiger partial charge on any atom is -0.392 e. The second-order valence-electron chi connectivity index (χ2n) is 3.66. The first-order chi connectivity index (χ1) is 8.20. The predicted octanol–water partition coefficient (Wildman–Crippen LogP) is 2.75. The number of aliphatic hydroxyl groups is 1. The molecule has 2 aromatic rings. The van der Waals surface area contributed by atoms with E-state index in [1.54, 1.807) is 12.1 Å².